The van der Waals surface area contributed by atoms with E-state index in [9.17, 15) is 4.79 Å². The highest BCUT2D eigenvalue weighted by Gasteiger charge is 2.23. The van der Waals surface area contributed by atoms with Gasteiger partial charge in [0.1, 0.15) is 0 Å². The van der Waals surface area contributed by atoms with E-state index < -0.39 is 0 Å². The molecule has 1 saturated heterocycles. The number of carbonyl (C=O) groups is 1. The van der Waals surface area contributed by atoms with E-state index in [1.165, 1.54) is 25.7 Å². The van der Waals surface area contributed by atoms with Gasteiger partial charge < -0.3 is 5.32 Å². The molecule has 1 aromatic carbocycles. The van der Waals surface area contributed by atoms with Crippen LogP contribution in [0.2, 0.25) is 10.0 Å². The molecule has 160 valence electrons. The van der Waals surface area contributed by atoms with E-state index in [1.807, 2.05) is 19.2 Å². The third-order valence-electron chi connectivity index (χ3n) is 5.83. The number of amides is 1. The number of hydrazine groups is 1. The van der Waals surface area contributed by atoms with Crippen LogP contribution in [0.3, 0.4) is 0 Å². The smallest absolute Gasteiger partial charge is 0.254 e. The molecule has 3 rings (SSSR count). The van der Waals surface area contributed by atoms with Gasteiger partial charge in [0, 0.05) is 39.2 Å². The molecule has 0 spiro atoms. The molecule has 0 aliphatic carbocycles. The van der Waals surface area contributed by atoms with Crippen LogP contribution in [-0.4, -0.2) is 47.3 Å². The fraction of sp³-hybridized carbons (Fsp3) is 0.619. The molecule has 1 fully saturated rings. The van der Waals surface area contributed by atoms with Gasteiger partial charge in [0.25, 0.3) is 5.82 Å². The average molecular weight is 441 g/mol. The second kappa shape index (κ2) is 10.1. The van der Waals surface area contributed by atoms with Gasteiger partial charge in [-0.2, -0.15) is 0 Å². The van der Waals surface area contributed by atoms with Crippen molar-refractivity contribution >= 4 is 40.1 Å². The zero-order valence-corrected chi connectivity index (χ0v) is 19.2. The maximum absolute atomic E-state index is 12.5. The van der Waals surface area contributed by atoms with Gasteiger partial charge in [-0.25, -0.2) is 19.2 Å². The molecule has 0 atom stereocenters. The predicted molar refractivity (Wildman–Crippen MR) is 118 cm³/mol. The number of aromatic nitrogens is 2. The van der Waals surface area contributed by atoms with E-state index in [2.05, 4.69) is 38.3 Å². The van der Waals surface area contributed by atoms with Crippen LogP contribution in [0.25, 0.3) is 11.0 Å². The van der Waals surface area contributed by atoms with E-state index in [0.717, 1.165) is 36.5 Å². The fourth-order valence-corrected chi connectivity index (χ4v) is 4.45. The number of carbonyl (C=O) groups excluding carboxylic acids is 1. The Morgan fingerprint density at radius 2 is 1.83 bits per heavy atom. The summed E-state index contributed by atoms with van der Waals surface area (Å²) in [6, 6.07) is 3.80. The van der Waals surface area contributed by atoms with Crippen LogP contribution in [0.4, 0.5) is 0 Å². The number of rotatable bonds is 7. The Labute approximate surface area is 183 Å². The second-order valence-electron chi connectivity index (χ2n) is 7.73. The molecule has 0 saturated carbocycles. The SMILES string of the molecule is CCn1c(C)[n+](CCC(=O)NCN(C)N2CCCCCC2)c2cc(Cl)c(Cl)cc21. The number of aryl methyl sites for hydroxylation is 2. The van der Waals surface area contributed by atoms with Gasteiger partial charge in [0.15, 0.2) is 11.0 Å². The van der Waals surface area contributed by atoms with Crippen molar-refractivity contribution in [2.24, 2.45) is 0 Å². The third kappa shape index (κ3) is 5.23. The molecule has 0 unspecified atom stereocenters. The topological polar surface area (TPSA) is 44.4 Å². The van der Waals surface area contributed by atoms with Gasteiger partial charge in [-0.05, 0) is 19.8 Å². The number of fused-ring (bicyclic) bond motifs is 1. The zero-order valence-electron chi connectivity index (χ0n) is 17.7. The normalized spacial score (nSPS) is 15.8. The van der Waals surface area contributed by atoms with Crippen LogP contribution in [0, 0.1) is 6.92 Å². The monoisotopic (exact) mass is 440 g/mol. The summed E-state index contributed by atoms with van der Waals surface area (Å²) < 4.78 is 4.35. The molecular weight excluding hydrogens is 409 g/mol. The van der Waals surface area contributed by atoms with Crippen LogP contribution in [0.15, 0.2) is 12.1 Å². The van der Waals surface area contributed by atoms with Crippen molar-refractivity contribution in [2.75, 3.05) is 26.8 Å². The second-order valence-corrected chi connectivity index (χ2v) is 8.55. The van der Waals surface area contributed by atoms with Gasteiger partial charge in [0.2, 0.25) is 5.91 Å². The molecule has 2 aromatic rings. The molecule has 1 amide bonds. The highest BCUT2D eigenvalue weighted by atomic mass is 35.5. The minimum atomic E-state index is 0.0519. The lowest BCUT2D eigenvalue weighted by Crippen LogP contribution is -2.47. The van der Waals surface area contributed by atoms with E-state index >= 15 is 0 Å². The molecule has 1 N–H and O–H groups in total. The third-order valence-corrected chi connectivity index (χ3v) is 6.55. The van der Waals surface area contributed by atoms with Gasteiger partial charge in [0.05, 0.1) is 36.2 Å². The van der Waals surface area contributed by atoms with Crippen molar-refractivity contribution in [2.45, 2.75) is 59.0 Å². The Morgan fingerprint density at radius 3 is 2.48 bits per heavy atom. The van der Waals surface area contributed by atoms with Crippen molar-refractivity contribution in [1.82, 2.24) is 19.9 Å². The zero-order chi connectivity index (χ0) is 21.0. The summed E-state index contributed by atoms with van der Waals surface area (Å²) in [4.78, 5) is 12.5. The van der Waals surface area contributed by atoms with E-state index in [4.69, 9.17) is 23.2 Å². The lowest BCUT2D eigenvalue weighted by atomic mass is 10.2. The van der Waals surface area contributed by atoms with Gasteiger partial charge >= 0.3 is 0 Å². The highest BCUT2D eigenvalue weighted by molar-refractivity contribution is 6.42. The van der Waals surface area contributed by atoms with E-state index in [0.29, 0.717) is 29.7 Å². The minimum absolute atomic E-state index is 0.0519. The average Bonchev–Trinajstić information content (AvgIpc) is 2.88. The number of benzene rings is 1. The Bertz CT molecular complexity index is 859. The number of nitrogens with zero attached hydrogens (tertiary/aromatic N) is 4. The lowest BCUT2D eigenvalue weighted by molar-refractivity contribution is -0.677. The molecule has 29 heavy (non-hydrogen) atoms. The fourth-order valence-electron chi connectivity index (χ4n) is 4.13. The van der Waals surface area contributed by atoms with Crippen LogP contribution >= 0.6 is 23.2 Å². The molecule has 0 bridgehead atoms. The summed E-state index contributed by atoms with van der Waals surface area (Å²) in [5.74, 6) is 1.14. The van der Waals surface area contributed by atoms with Crippen LogP contribution in [-0.2, 0) is 17.9 Å². The standard InChI is InChI=1S/C21H31Cl2N5O/c1-4-27-16(2)28(20-14-18(23)17(22)13-19(20)27)12-9-21(29)24-15-25(3)26-10-7-5-6-8-11-26/h13-14H,4-12,15H2,1-3H3/p+1. The number of hydrogen-bond acceptors (Lipinski definition) is 3. The summed E-state index contributed by atoms with van der Waals surface area (Å²) in [6.07, 6.45) is 5.47. The lowest BCUT2D eigenvalue weighted by Gasteiger charge is -2.30. The number of hydrogen-bond donors (Lipinski definition) is 1. The first-order chi connectivity index (χ1) is 13.9. The van der Waals surface area contributed by atoms with Crippen LogP contribution < -0.4 is 9.88 Å². The van der Waals surface area contributed by atoms with Gasteiger partial charge in [-0.1, -0.05) is 36.0 Å². The molecular formula is C21H32Cl2N5O+. The van der Waals surface area contributed by atoms with E-state index in [-0.39, 0.29) is 5.91 Å². The predicted octanol–water partition coefficient (Wildman–Crippen LogP) is 3.75. The molecule has 8 heteroatoms. The van der Waals surface area contributed by atoms with Crippen LogP contribution in [0.1, 0.15) is 44.9 Å². The molecule has 1 aliphatic heterocycles. The molecule has 0 radical (unpaired) electrons. The first kappa shape index (κ1) is 22.3. The minimum Gasteiger partial charge on any atom is -0.342 e. The van der Waals surface area contributed by atoms with Gasteiger partial charge in [-0.15, -0.1) is 0 Å². The Balaban J connectivity index is 1.62. The van der Waals surface area contributed by atoms with Crippen LogP contribution in [0.5, 0.6) is 0 Å². The van der Waals surface area contributed by atoms with Crippen molar-refractivity contribution < 1.29 is 9.36 Å². The highest BCUT2D eigenvalue weighted by Crippen LogP contribution is 2.27. The largest absolute Gasteiger partial charge is 0.342 e. The molecule has 6 nitrogen and oxygen atoms in total. The summed E-state index contributed by atoms with van der Waals surface area (Å²) in [5, 5.41) is 8.61. The molecule has 2 heterocycles. The number of nitrogens with one attached hydrogen (secondary N) is 1. The quantitative estimate of drug-likeness (QED) is 0.526. The summed E-state index contributed by atoms with van der Waals surface area (Å²) in [7, 11) is 2.05. The van der Waals surface area contributed by atoms with E-state index in [1.54, 1.807) is 0 Å². The summed E-state index contributed by atoms with van der Waals surface area (Å²) in [6.45, 7) is 8.29. The Kier molecular flexibility index (Phi) is 7.79. The maximum atomic E-state index is 12.5. The number of imidazole rings is 1. The molecule has 1 aliphatic rings. The first-order valence-electron chi connectivity index (χ1n) is 10.5. The van der Waals surface area contributed by atoms with Crippen molar-refractivity contribution in [3.8, 4) is 0 Å². The summed E-state index contributed by atoms with van der Waals surface area (Å²) >= 11 is 12.5. The van der Waals surface area contributed by atoms with Crippen molar-refractivity contribution in [3.63, 3.8) is 0 Å². The van der Waals surface area contributed by atoms with Gasteiger partial charge in [-0.3, -0.25) is 4.79 Å². The number of halogens is 2. The first-order valence-corrected chi connectivity index (χ1v) is 11.3. The maximum Gasteiger partial charge on any atom is 0.254 e. The summed E-state index contributed by atoms with van der Waals surface area (Å²) in [5.41, 5.74) is 2.05. The Hall–Kier alpha value is -1.34. The van der Waals surface area contributed by atoms with Crippen molar-refractivity contribution in [1.29, 1.82) is 0 Å². The van der Waals surface area contributed by atoms with Crippen molar-refractivity contribution in [3.05, 3.63) is 28.0 Å². The molecule has 1 aromatic heterocycles. The Morgan fingerprint density at radius 1 is 1.17 bits per heavy atom.